The fraction of sp³-hybridized carbons (Fsp3) is 0.0714. The highest BCUT2D eigenvalue weighted by atomic mass is 35.5. The van der Waals surface area contributed by atoms with E-state index >= 15 is 0 Å². The number of benzene rings is 3. The van der Waals surface area contributed by atoms with E-state index in [0.717, 1.165) is 0 Å². The molecule has 0 bridgehead atoms. The number of phenols is 1. The van der Waals surface area contributed by atoms with Crippen LogP contribution < -0.4 is 11.3 Å². The van der Waals surface area contributed by atoms with Crippen molar-refractivity contribution in [3.8, 4) is 22.7 Å². The molecule has 8 nitrogen and oxygen atoms in total. The molecule has 188 valence electrons. The second-order valence-corrected chi connectivity index (χ2v) is 9.25. The second kappa shape index (κ2) is 8.97. The average molecular weight is 527 g/mol. The van der Waals surface area contributed by atoms with Gasteiger partial charge in [0.05, 0.1) is 27.5 Å². The van der Waals surface area contributed by atoms with Crippen molar-refractivity contribution in [3.63, 3.8) is 0 Å². The van der Waals surface area contributed by atoms with Gasteiger partial charge in [-0.1, -0.05) is 41.9 Å². The number of rotatable bonds is 4. The number of phenolic OH excluding ortho intramolecular Hbond substituents is 1. The van der Waals surface area contributed by atoms with Gasteiger partial charge in [-0.15, -0.1) is 0 Å². The number of aromatic nitrogens is 5. The molecule has 3 aromatic heterocycles. The molecule has 0 fully saturated rings. The molecule has 6 rings (SSSR count). The Labute approximate surface area is 220 Å². The standard InChI is InChI=1S/C28H20ClFN6O2/c1-15(21-13-16-6-5-9-19(29)23(16)28(38)35(21)18-7-3-2-4-8-18)36-27-24(26(31)32-14-33-27)25(34-36)17-10-11-22(37)20(30)12-17/h2-15,37H,1H3,(H2,31,32,33)/t15-/m1/s1. The van der Waals surface area contributed by atoms with Crippen molar-refractivity contribution in [2.45, 2.75) is 13.0 Å². The maximum Gasteiger partial charge on any atom is 0.264 e. The van der Waals surface area contributed by atoms with Crippen molar-refractivity contribution in [3.05, 3.63) is 106 Å². The lowest BCUT2D eigenvalue weighted by atomic mass is 10.1. The zero-order chi connectivity index (χ0) is 26.6. The molecule has 3 N–H and O–H groups in total. The molecule has 38 heavy (non-hydrogen) atoms. The number of hydrogen-bond donors (Lipinski definition) is 2. The van der Waals surface area contributed by atoms with Gasteiger partial charge >= 0.3 is 0 Å². The fourth-order valence-corrected chi connectivity index (χ4v) is 5.00. The molecule has 1 atom stereocenters. The maximum atomic E-state index is 14.3. The van der Waals surface area contributed by atoms with Crippen molar-refractivity contribution in [1.82, 2.24) is 24.3 Å². The molecule has 10 heteroatoms. The van der Waals surface area contributed by atoms with Crippen molar-refractivity contribution >= 4 is 39.2 Å². The fourth-order valence-electron chi connectivity index (χ4n) is 4.74. The highest BCUT2D eigenvalue weighted by molar-refractivity contribution is 6.35. The van der Waals surface area contributed by atoms with Crippen LogP contribution in [0.15, 0.2) is 83.9 Å². The van der Waals surface area contributed by atoms with Gasteiger partial charge in [-0.2, -0.15) is 5.10 Å². The number of pyridine rings is 1. The smallest absolute Gasteiger partial charge is 0.264 e. The zero-order valence-corrected chi connectivity index (χ0v) is 20.8. The summed E-state index contributed by atoms with van der Waals surface area (Å²) in [5, 5.41) is 16.3. The summed E-state index contributed by atoms with van der Waals surface area (Å²) in [6.07, 6.45) is 1.33. The average Bonchev–Trinajstić information content (AvgIpc) is 3.31. The number of nitrogens with two attached hydrogens (primary N) is 1. The van der Waals surface area contributed by atoms with Gasteiger partial charge in [-0.05, 0) is 54.8 Å². The van der Waals surface area contributed by atoms with Crippen LogP contribution in [0.3, 0.4) is 0 Å². The van der Waals surface area contributed by atoms with Crippen molar-refractivity contribution < 1.29 is 9.50 Å². The van der Waals surface area contributed by atoms with Gasteiger partial charge in [0.2, 0.25) is 0 Å². The molecular weight excluding hydrogens is 507 g/mol. The van der Waals surface area contributed by atoms with Gasteiger partial charge < -0.3 is 10.8 Å². The summed E-state index contributed by atoms with van der Waals surface area (Å²) in [5.41, 5.74) is 8.40. The largest absolute Gasteiger partial charge is 0.505 e. The van der Waals surface area contributed by atoms with E-state index in [1.807, 2.05) is 49.4 Å². The third-order valence-electron chi connectivity index (χ3n) is 6.57. The Hall–Kier alpha value is -4.76. The van der Waals surface area contributed by atoms with E-state index in [2.05, 4.69) is 9.97 Å². The van der Waals surface area contributed by atoms with Crippen LogP contribution in [0.2, 0.25) is 5.02 Å². The Balaban J connectivity index is 1.65. The molecule has 3 aromatic carbocycles. The molecule has 0 saturated heterocycles. The van der Waals surface area contributed by atoms with E-state index in [1.54, 1.807) is 27.4 Å². The Kier molecular flexibility index (Phi) is 5.57. The van der Waals surface area contributed by atoms with Crippen LogP contribution >= 0.6 is 11.6 Å². The van der Waals surface area contributed by atoms with Gasteiger partial charge in [0, 0.05) is 11.3 Å². The lowest BCUT2D eigenvalue weighted by molar-refractivity contribution is 0.432. The summed E-state index contributed by atoms with van der Waals surface area (Å²) in [6.45, 7) is 1.89. The first kappa shape index (κ1) is 23.6. The Morgan fingerprint density at radius 3 is 2.55 bits per heavy atom. The number of fused-ring (bicyclic) bond motifs is 2. The Bertz CT molecular complexity index is 1920. The van der Waals surface area contributed by atoms with Crippen molar-refractivity contribution in [1.29, 1.82) is 0 Å². The Morgan fingerprint density at radius 1 is 1.00 bits per heavy atom. The Morgan fingerprint density at radius 2 is 1.79 bits per heavy atom. The van der Waals surface area contributed by atoms with E-state index in [4.69, 9.17) is 22.4 Å². The van der Waals surface area contributed by atoms with E-state index in [9.17, 15) is 14.3 Å². The molecule has 0 unspecified atom stereocenters. The molecule has 0 radical (unpaired) electrons. The van der Waals surface area contributed by atoms with E-state index < -0.39 is 17.6 Å². The first-order valence-electron chi connectivity index (χ1n) is 11.7. The minimum absolute atomic E-state index is 0.169. The summed E-state index contributed by atoms with van der Waals surface area (Å²) in [7, 11) is 0. The minimum atomic E-state index is -0.794. The lowest BCUT2D eigenvalue weighted by Crippen LogP contribution is -2.26. The lowest BCUT2D eigenvalue weighted by Gasteiger charge is -2.21. The number of aromatic hydroxyl groups is 1. The maximum absolute atomic E-state index is 14.3. The number of anilines is 1. The quantitative estimate of drug-likeness (QED) is 0.314. The third-order valence-corrected chi connectivity index (χ3v) is 6.89. The molecule has 0 aliphatic heterocycles. The number of halogens is 2. The summed E-state index contributed by atoms with van der Waals surface area (Å²) >= 11 is 6.45. The van der Waals surface area contributed by atoms with Gasteiger partial charge in [0.25, 0.3) is 5.56 Å². The molecule has 6 aromatic rings. The summed E-state index contributed by atoms with van der Waals surface area (Å²) in [5.74, 6) is -1.10. The molecule has 3 heterocycles. The molecule has 0 saturated carbocycles. The van der Waals surface area contributed by atoms with Crippen LogP contribution in [0.25, 0.3) is 38.8 Å². The number of nitrogen functional groups attached to an aromatic ring is 1. The minimum Gasteiger partial charge on any atom is -0.505 e. The van der Waals surface area contributed by atoms with Crippen molar-refractivity contribution in [2.24, 2.45) is 0 Å². The molecule has 0 spiro atoms. The highest BCUT2D eigenvalue weighted by Crippen LogP contribution is 2.35. The second-order valence-electron chi connectivity index (χ2n) is 8.84. The van der Waals surface area contributed by atoms with E-state index in [0.29, 0.717) is 49.5 Å². The van der Waals surface area contributed by atoms with E-state index in [-0.39, 0.29) is 11.4 Å². The van der Waals surface area contributed by atoms with Crippen LogP contribution in [-0.4, -0.2) is 29.4 Å². The molecule has 0 amide bonds. The van der Waals surface area contributed by atoms with Crippen LogP contribution in [0.1, 0.15) is 18.7 Å². The van der Waals surface area contributed by atoms with Gasteiger partial charge in [-0.3, -0.25) is 9.36 Å². The molecule has 0 aliphatic rings. The van der Waals surface area contributed by atoms with E-state index in [1.165, 1.54) is 18.5 Å². The summed E-state index contributed by atoms with van der Waals surface area (Å²) < 4.78 is 17.5. The number of para-hydroxylation sites is 1. The summed E-state index contributed by atoms with van der Waals surface area (Å²) in [6, 6.07) is 19.9. The number of nitrogens with zero attached hydrogens (tertiary/aromatic N) is 5. The van der Waals surface area contributed by atoms with Crippen LogP contribution in [-0.2, 0) is 0 Å². The summed E-state index contributed by atoms with van der Waals surface area (Å²) in [4.78, 5) is 22.4. The van der Waals surface area contributed by atoms with Crippen molar-refractivity contribution in [2.75, 3.05) is 5.73 Å². The van der Waals surface area contributed by atoms with Crippen LogP contribution in [0.4, 0.5) is 10.2 Å². The normalized spacial score (nSPS) is 12.3. The third kappa shape index (κ3) is 3.67. The van der Waals surface area contributed by atoms with Gasteiger partial charge in [-0.25, -0.2) is 19.0 Å². The van der Waals surface area contributed by atoms with Gasteiger partial charge in [0.15, 0.2) is 17.2 Å². The first-order chi connectivity index (χ1) is 18.3. The molecular formula is C28H20ClFN6O2. The SMILES string of the molecule is C[C@H](c1cc2cccc(Cl)c2c(=O)n1-c1ccccc1)n1nc(-c2ccc(O)c(F)c2)c2c(N)ncnc21. The first-order valence-corrected chi connectivity index (χ1v) is 12.1. The van der Waals surface area contributed by atoms with Gasteiger partial charge in [0.1, 0.15) is 17.8 Å². The van der Waals surface area contributed by atoms with Crippen LogP contribution in [0, 0.1) is 5.82 Å². The monoisotopic (exact) mass is 526 g/mol. The topological polar surface area (TPSA) is 112 Å². The predicted molar refractivity (Wildman–Crippen MR) is 145 cm³/mol. The highest BCUT2D eigenvalue weighted by Gasteiger charge is 2.25. The predicted octanol–water partition coefficient (Wildman–Crippen LogP) is 5.49. The number of hydrogen-bond acceptors (Lipinski definition) is 6. The molecule has 0 aliphatic carbocycles. The van der Waals surface area contributed by atoms with Crippen LogP contribution in [0.5, 0.6) is 5.75 Å². The zero-order valence-electron chi connectivity index (χ0n) is 20.0.